The fourth-order valence-electron chi connectivity index (χ4n) is 3.76. The summed E-state index contributed by atoms with van der Waals surface area (Å²) in [5.74, 6) is 0.386. The van der Waals surface area contributed by atoms with E-state index in [1.807, 2.05) is 29.8 Å². The molecule has 7 nitrogen and oxygen atoms in total. The molecule has 166 valence electrons. The van der Waals surface area contributed by atoms with E-state index in [9.17, 15) is 9.59 Å². The Kier molecular flexibility index (Phi) is 7.12. The van der Waals surface area contributed by atoms with E-state index in [2.05, 4.69) is 20.8 Å². The van der Waals surface area contributed by atoms with Crippen molar-refractivity contribution in [2.45, 2.75) is 36.9 Å². The Morgan fingerprint density at radius 1 is 1.09 bits per heavy atom. The number of hydrogen-bond acceptors (Lipinski definition) is 5. The third kappa shape index (κ3) is 5.14. The van der Waals surface area contributed by atoms with Crippen LogP contribution >= 0.6 is 23.4 Å². The van der Waals surface area contributed by atoms with E-state index in [0.717, 1.165) is 31.2 Å². The van der Waals surface area contributed by atoms with Crippen LogP contribution in [0.15, 0.2) is 53.7 Å². The molecule has 0 atom stereocenters. The maximum atomic E-state index is 12.7. The van der Waals surface area contributed by atoms with Crippen LogP contribution in [0.25, 0.3) is 11.4 Å². The Labute approximate surface area is 196 Å². The van der Waals surface area contributed by atoms with E-state index >= 15 is 0 Å². The number of nitrogens with one attached hydrogen (secondary N) is 2. The Morgan fingerprint density at radius 2 is 1.81 bits per heavy atom. The van der Waals surface area contributed by atoms with Crippen molar-refractivity contribution in [2.24, 2.45) is 7.05 Å². The molecule has 4 rings (SSSR count). The van der Waals surface area contributed by atoms with Gasteiger partial charge in [0.25, 0.3) is 5.91 Å². The number of carbonyl (C=O) groups excluding carboxylic acids is 2. The highest BCUT2D eigenvalue weighted by atomic mass is 35.5. The molecule has 1 heterocycles. The molecule has 2 aromatic carbocycles. The van der Waals surface area contributed by atoms with Crippen LogP contribution in [0.2, 0.25) is 5.02 Å². The molecule has 32 heavy (non-hydrogen) atoms. The second-order valence-electron chi connectivity index (χ2n) is 7.68. The van der Waals surface area contributed by atoms with Crippen molar-refractivity contribution >= 4 is 40.9 Å². The van der Waals surface area contributed by atoms with Crippen LogP contribution in [0.4, 0.5) is 5.69 Å². The number of hydrogen-bond donors (Lipinski definition) is 2. The Balaban J connectivity index is 1.39. The number of halogens is 1. The molecular formula is C23H24ClN5O2S. The van der Waals surface area contributed by atoms with Crippen molar-refractivity contribution in [1.29, 1.82) is 0 Å². The molecule has 0 spiro atoms. The van der Waals surface area contributed by atoms with Crippen molar-refractivity contribution in [1.82, 2.24) is 20.1 Å². The van der Waals surface area contributed by atoms with Gasteiger partial charge in [-0.05, 0) is 37.1 Å². The highest BCUT2D eigenvalue weighted by Gasteiger charge is 2.20. The zero-order chi connectivity index (χ0) is 22.5. The van der Waals surface area contributed by atoms with Crippen LogP contribution in [0.5, 0.6) is 0 Å². The van der Waals surface area contributed by atoms with E-state index < -0.39 is 0 Å². The number of aromatic nitrogens is 3. The van der Waals surface area contributed by atoms with Gasteiger partial charge in [-0.1, -0.05) is 60.5 Å². The molecule has 3 aromatic rings. The van der Waals surface area contributed by atoms with Crippen LogP contribution in [-0.2, 0) is 11.8 Å². The lowest BCUT2D eigenvalue weighted by atomic mass is 10.1. The number of carbonyl (C=O) groups is 2. The van der Waals surface area contributed by atoms with Gasteiger partial charge in [-0.25, -0.2) is 0 Å². The van der Waals surface area contributed by atoms with E-state index in [-0.39, 0.29) is 23.6 Å². The second-order valence-corrected chi connectivity index (χ2v) is 9.03. The maximum absolute atomic E-state index is 12.7. The van der Waals surface area contributed by atoms with Gasteiger partial charge < -0.3 is 15.2 Å². The standard InChI is InChI=1S/C23H24ClN5O2S/c1-29-21(16-10-4-6-12-18(16)24)27-28-23(29)32-14-20(30)26-19-13-7-5-11-17(19)22(31)25-15-8-2-3-9-15/h4-7,10-13,15H,2-3,8-9,14H2,1H3,(H,25,31)(H,26,30). The van der Waals surface area contributed by atoms with Crippen molar-refractivity contribution < 1.29 is 9.59 Å². The van der Waals surface area contributed by atoms with E-state index in [4.69, 9.17) is 11.6 Å². The zero-order valence-electron chi connectivity index (χ0n) is 17.7. The Morgan fingerprint density at radius 3 is 2.59 bits per heavy atom. The summed E-state index contributed by atoms with van der Waals surface area (Å²) in [6.45, 7) is 0. The quantitative estimate of drug-likeness (QED) is 0.496. The number of amides is 2. The zero-order valence-corrected chi connectivity index (χ0v) is 19.2. The van der Waals surface area contributed by atoms with Crippen LogP contribution in [0, 0.1) is 0 Å². The Hall–Kier alpha value is -2.84. The molecule has 1 saturated carbocycles. The third-order valence-corrected chi connectivity index (χ3v) is 6.77. The molecule has 1 aromatic heterocycles. The molecule has 0 aliphatic heterocycles. The first-order valence-electron chi connectivity index (χ1n) is 10.5. The molecule has 1 aliphatic rings. The maximum Gasteiger partial charge on any atom is 0.253 e. The molecule has 2 amide bonds. The lowest BCUT2D eigenvalue weighted by Gasteiger charge is -2.15. The Bertz CT molecular complexity index is 1130. The first-order valence-corrected chi connectivity index (χ1v) is 11.9. The number of anilines is 1. The fraction of sp³-hybridized carbons (Fsp3) is 0.304. The number of para-hydroxylation sites is 1. The number of benzene rings is 2. The summed E-state index contributed by atoms with van der Waals surface area (Å²) in [6, 6.07) is 14.7. The first kappa shape index (κ1) is 22.4. The van der Waals surface area contributed by atoms with E-state index in [1.54, 1.807) is 30.3 Å². The third-order valence-electron chi connectivity index (χ3n) is 5.42. The van der Waals surface area contributed by atoms with Gasteiger partial charge in [0.15, 0.2) is 11.0 Å². The minimum Gasteiger partial charge on any atom is -0.349 e. The van der Waals surface area contributed by atoms with Crippen molar-refractivity contribution in [3.8, 4) is 11.4 Å². The van der Waals surface area contributed by atoms with Crippen molar-refractivity contribution in [3.05, 3.63) is 59.1 Å². The van der Waals surface area contributed by atoms with Gasteiger partial charge in [0.2, 0.25) is 5.91 Å². The van der Waals surface area contributed by atoms with E-state index in [0.29, 0.717) is 27.3 Å². The molecule has 1 aliphatic carbocycles. The van der Waals surface area contributed by atoms with Crippen molar-refractivity contribution in [3.63, 3.8) is 0 Å². The summed E-state index contributed by atoms with van der Waals surface area (Å²) < 4.78 is 1.81. The van der Waals surface area contributed by atoms with Gasteiger partial charge in [0.1, 0.15) is 0 Å². The smallest absolute Gasteiger partial charge is 0.253 e. The second kappa shape index (κ2) is 10.2. The van der Waals surface area contributed by atoms with Gasteiger partial charge in [0, 0.05) is 18.7 Å². The SMILES string of the molecule is Cn1c(SCC(=O)Nc2ccccc2C(=O)NC2CCCC2)nnc1-c1ccccc1Cl. The molecule has 0 radical (unpaired) electrons. The molecule has 0 saturated heterocycles. The molecule has 2 N–H and O–H groups in total. The number of rotatable bonds is 7. The van der Waals surface area contributed by atoms with Crippen molar-refractivity contribution in [2.75, 3.05) is 11.1 Å². The largest absolute Gasteiger partial charge is 0.349 e. The minimum absolute atomic E-state index is 0.132. The lowest BCUT2D eigenvalue weighted by molar-refractivity contribution is -0.113. The summed E-state index contributed by atoms with van der Waals surface area (Å²) in [6.07, 6.45) is 4.29. The fourth-order valence-corrected chi connectivity index (χ4v) is 4.69. The molecule has 9 heteroatoms. The van der Waals surface area contributed by atoms with Gasteiger partial charge in [-0.2, -0.15) is 0 Å². The number of thioether (sulfide) groups is 1. The highest BCUT2D eigenvalue weighted by molar-refractivity contribution is 7.99. The summed E-state index contributed by atoms with van der Waals surface area (Å²) in [7, 11) is 1.83. The molecule has 0 bridgehead atoms. The number of nitrogens with zero attached hydrogens (tertiary/aromatic N) is 3. The normalized spacial score (nSPS) is 13.8. The predicted octanol–water partition coefficient (Wildman–Crippen LogP) is 4.54. The summed E-state index contributed by atoms with van der Waals surface area (Å²) >= 11 is 7.54. The van der Waals surface area contributed by atoms with Crippen LogP contribution in [0.3, 0.4) is 0 Å². The topological polar surface area (TPSA) is 88.9 Å². The highest BCUT2D eigenvalue weighted by Crippen LogP contribution is 2.28. The summed E-state index contributed by atoms with van der Waals surface area (Å²) in [5, 5.41) is 15.5. The summed E-state index contributed by atoms with van der Waals surface area (Å²) in [5.41, 5.74) is 1.75. The van der Waals surface area contributed by atoms with Crippen LogP contribution < -0.4 is 10.6 Å². The summed E-state index contributed by atoms with van der Waals surface area (Å²) in [4.78, 5) is 25.3. The van der Waals surface area contributed by atoms with Gasteiger partial charge >= 0.3 is 0 Å². The minimum atomic E-state index is -0.224. The average Bonchev–Trinajstić information content (AvgIpc) is 3.43. The monoisotopic (exact) mass is 469 g/mol. The van der Waals surface area contributed by atoms with Crippen LogP contribution in [-0.4, -0.2) is 38.4 Å². The molecular weight excluding hydrogens is 446 g/mol. The van der Waals surface area contributed by atoms with Gasteiger partial charge in [-0.15, -0.1) is 10.2 Å². The van der Waals surface area contributed by atoms with E-state index in [1.165, 1.54) is 11.8 Å². The molecule has 0 unspecified atom stereocenters. The lowest BCUT2D eigenvalue weighted by Crippen LogP contribution is -2.33. The van der Waals surface area contributed by atoms with Gasteiger partial charge in [-0.3, -0.25) is 9.59 Å². The predicted molar refractivity (Wildman–Crippen MR) is 127 cm³/mol. The average molecular weight is 470 g/mol. The van der Waals surface area contributed by atoms with Gasteiger partial charge in [0.05, 0.1) is 22.0 Å². The van der Waals surface area contributed by atoms with Crippen LogP contribution in [0.1, 0.15) is 36.0 Å². The molecule has 1 fully saturated rings. The first-order chi connectivity index (χ1) is 15.5.